The Morgan fingerprint density at radius 3 is 2.59 bits per heavy atom. The average molecular weight is 301 g/mol. The SMILES string of the molecule is Cc1cc(C2CCC(=O)NC2=O)cnc1N1CCC(C)CC1. The van der Waals surface area contributed by atoms with Crippen LogP contribution in [-0.4, -0.2) is 29.9 Å². The van der Waals surface area contributed by atoms with Gasteiger partial charge in [0.15, 0.2) is 0 Å². The van der Waals surface area contributed by atoms with Gasteiger partial charge in [-0.2, -0.15) is 0 Å². The highest BCUT2D eigenvalue weighted by atomic mass is 16.2. The Balaban J connectivity index is 1.77. The molecule has 1 N–H and O–H groups in total. The van der Waals surface area contributed by atoms with Crippen molar-refractivity contribution in [3.05, 3.63) is 23.4 Å². The monoisotopic (exact) mass is 301 g/mol. The Bertz CT molecular complexity index is 592. The van der Waals surface area contributed by atoms with Gasteiger partial charge in [-0.3, -0.25) is 14.9 Å². The van der Waals surface area contributed by atoms with Gasteiger partial charge < -0.3 is 4.90 Å². The van der Waals surface area contributed by atoms with Gasteiger partial charge in [0, 0.05) is 25.7 Å². The molecule has 2 aliphatic heterocycles. The van der Waals surface area contributed by atoms with Crippen molar-refractivity contribution in [1.29, 1.82) is 0 Å². The molecule has 0 aromatic carbocycles. The molecule has 1 aromatic heterocycles. The van der Waals surface area contributed by atoms with E-state index in [1.54, 1.807) is 6.20 Å². The van der Waals surface area contributed by atoms with Crippen LogP contribution in [0.15, 0.2) is 12.3 Å². The van der Waals surface area contributed by atoms with Gasteiger partial charge in [0.1, 0.15) is 5.82 Å². The first-order valence-corrected chi connectivity index (χ1v) is 8.10. The molecule has 1 unspecified atom stereocenters. The molecule has 2 fully saturated rings. The van der Waals surface area contributed by atoms with Crippen LogP contribution in [0.2, 0.25) is 0 Å². The Labute approximate surface area is 131 Å². The molecule has 5 nitrogen and oxygen atoms in total. The standard InChI is InChI=1S/C17H23N3O2/c1-11-5-7-20(8-6-11)16-12(2)9-13(10-18-16)14-3-4-15(21)19-17(14)22/h9-11,14H,3-8H2,1-2H3,(H,19,21,22). The predicted octanol–water partition coefficient (Wildman–Crippen LogP) is 2.15. The Morgan fingerprint density at radius 1 is 1.23 bits per heavy atom. The molecular formula is C17H23N3O2. The number of piperidine rings is 2. The summed E-state index contributed by atoms with van der Waals surface area (Å²) in [6.07, 6.45) is 5.19. The summed E-state index contributed by atoms with van der Waals surface area (Å²) in [7, 11) is 0. The minimum atomic E-state index is -0.251. The molecule has 2 aliphatic rings. The number of hydrogen-bond donors (Lipinski definition) is 1. The number of nitrogens with zero attached hydrogens (tertiary/aromatic N) is 2. The van der Waals surface area contributed by atoms with Crippen LogP contribution in [-0.2, 0) is 9.59 Å². The molecule has 0 spiro atoms. The number of carbonyl (C=O) groups is 2. The largest absolute Gasteiger partial charge is 0.356 e. The first-order chi connectivity index (χ1) is 10.5. The van der Waals surface area contributed by atoms with Crippen molar-refractivity contribution in [2.24, 2.45) is 5.92 Å². The van der Waals surface area contributed by atoms with Crippen molar-refractivity contribution in [2.75, 3.05) is 18.0 Å². The number of carbonyl (C=O) groups excluding carboxylic acids is 2. The molecule has 0 radical (unpaired) electrons. The van der Waals surface area contributed by atoms with Gasteiger partial charge in [0.2, 0.25) is 11.8 Å². The van der Waals surface area contributed by atoms with Gasteiger partial charge in [-0.05, 0) is 43.2 Å². The second-order valence-electron chi connectivity index (χ2n) is 6.58. The molecule has 5 heteroatoms. The highest BCUT2D eigenvalue weighted by Gasteiger charge is 2.29. The lowest BCUT2D eigenvalue weighted by atomic mass is 9.91. The van der Waals surface area contributed by atoms with Gasteiger partial charge in [0.05, 0.1) is 5.92 Å². The van der Waals surface area contributed by atoms with Gasteiger partial charge in [-0.1, -0.05) is 13.0 Å². The van der Waals surface area contributed by atoms with Crippen molar-refractivity contribution in [2.45, 2.75) is 45.4 Å². The van der Waals surface area contributed by atoms with Crippen molar-refractivity contribution in [3.63, 3.8) is 0 Å². The maximum Gasteiger partial charge on any atom is 0.234 e. The zero-order valence-electron chi connectivity index (χ0n) is 13.3. The second-order valence-corrected chi connectivity index (χ2v) is 6.58. The lowest BCUT2D eigenvalue weighted by Crippen LogP contribution is -2.39. The summed E-state index contributed by atoms with van der Waals surface area (Å²) in [4.78, 5) is 30.2. The zero-order chi connectivity index (χ0) is 15.7. The number of hydrogen-bond acceptors (Lipinski definition) is 4. The molecule has 22 heavy (non-hydrogen) atoms. The number of nitrogens with one attached hydrogen (secondary N) is 1. The number of rotatable bonds is 2. The third-order valence-electron chi connectivity index (χ3n) is 4.80. The van der Waals surface area contributed by atoms with Crippen LogP contribution in [0, 0.1) is 12.8 Å². The van der Waals surface area contributed by atoms with Crippen molar-refractivity contribution < 1.29 is 9.59 Å². The van der Waals surface area contributed by atoms with Gasteiger partial charge in [-0.25, -0.2) is 4.98 Å². The van der Waals surface area contributed by atoms with Gasteiger partial charge in [0.25, 0.3) is 0 Å². The lowest BCUT2D eigenvalue weighted by molar-refractivity contribution is -0.134. The summed E-state index contributed by atoms with van der Waals surface area (Å²) in [6, 6.07) is 2.06. The van der Waals surface area contributed by atoms with E-state index >= 15 is 0 Å². The third kappa shape index (κ3) is 2.98. The highest BCUT2D eigenvalue weighted by molar-refractivity contribution is 6.00. The number of aromatic nitrogens is 1. The fraction of sp³-hybridized carbons (Fsp3) is 0.588. The molecular weight excluding hydrogens is 278 g/mol. The van der Waals surface area contributed by atoms with E-state index in [0.29, 0.717) is 12.8 Å². The molecule has 1 aromatic rings. The maximum absolute atomic E-state index is 12.0. The van der Waals surface area contributed by atoms with Crippen molar-refractivity contribution >= 4 is 17.6 Å². The Hall–Kier alpha value is -1.91. The second kappa shape index (κ2) is 6.07. The van der Waals surface area contributed by atoms with Gasteiger partial charge in [-0.15, -0.1) is 0 Å². The van der Waals surface area contributed by atoms with Crippen LogP contribution >= 0.6 is 0 Å². The fourth-order valence-corrected chi connectivity index (χ4v) is 3.34. The molecule has 0 bridgehead atoms. The smallest absolute Gasteiger partial charge is 0.234 e. The summed E-state index contributed by atoms with van der Waals surface area (Å²) < 4.78 is 0. The number of aryl methyl sites for hydroxylation is 1. The summed E-state index contributed by atoms with van der Waals surface area (Å²) in [5.41, 5.74) is 2.02. The number of imide groups is 1. The van der Waals surface area contributed by atoms with E-state index in [0.717, 1.165) is 36.0 Å². The topological polar surface area (TPSA) is 62.3 Å². The van der Waals surface area contributed by atoms with Crippen LogP contribution in [0.1, 0.15) is 49.7 Å². The summed E-state index contributed by atoms with van der Waals surface area (Å²) in [5.74, 6) is 1.20. The Kier molecular flexibility index (Phi) is 4.14. The van der Waals surface area contributed by atoms with Crippen LogP contribution in [0.25, 0.3) is 0 Å². The van der Waals surface area contributed by atoms with E-state index in [9.17, 15) is 9.59 Å². The molecule has 2 amide bonds. The van der Waals surface area contributed by atoms with Crippen LogP contribution in [0.3, 0.4) is 0 Å². The van der Waals surface area contributed by atoms with E-state index in [-0.39, 0.29) is 17.7 Å². The van der Waals surface area contributed by atoms with Gasteiger partial charge >= 0.3 is 0 Å². The lowest BCUT2D eigenvalue weighted by Gasteiger charge is -2.32. The molecule has 118 valence electrons. The molecule has 2 saturated heterocycles. The number of pyridine rings is 1. The van der Waals surface area contributed by atoms with E-state index in [4.69, 9.17) is 0 Å². The highest BCUT2D eigenvalue weighted by Crippen LogP contribution is 2.29. The quantitative estimate of drug-likeness (QED) is 0.850. The third-order valence-corrected chi connectivity index (χ3v) is 4.80. The van der Waals surface area contributed by atoms with E-state index < -0.39 is 0 Å². The van der Waals surface area contributed by atoms with Crippen LogP contribution in [0.5, 0.6) is 0 Å². The van der Waals surface area contributed by atoms with E-state index in [2.05, 4.69) is 35.1 Å². The minimum Gasteiger partial charge on any atom is -0.356 e. The number of anilines is 1. The Morgan fingerprint density at radius 2 is 1.95 bits per heavy atom. The molecule has 0 saturated carbocycles. The van der Waals surface area contributed by atoms with Crippen LogP contribution < -0.4 is 10.2 Å². The first kappa shape index (κ1) is 15.0. The summed E-state index contributed by atoms with van der Waals surface area (Å²) >= 11 is 0. The number of amides is 2. The molecule has 1 atom stereocenters. The first-order valence-electron chi connectivity index (χ1n) is 8.10. The summed E-state index contributed by atoms with van der Waals surface area (Å²) in [6.45, 7) is 6.44. The zero-order valence-corrected chi connectivity index (χ0v) is 13.3. The summed E-state index contributed by atoms with van der Waals surface area (Å²) in [5, 5.41) is 2.41. The fourth-order valence-electron chi connectivity index (χ4n) is 3.34. The minimum absolute atomic E-state index is 0.176. The molecule has 3 rings (SSSR count). The van der Waals surface area contributed by atoms with Crippen LogP contribution in [0.4, 0.5) is 5.82 Å². The van der Waals surface area contributed by atoms with Crippen molar-refractivity contribution in [3.8, 4) is 0 Å². The van der Waals surface area contributed by atoms with Crippen molar-refractivity contribution in [1.82, 2.24) is 10.3 Å². The average Bonchev–Trinajstić information content (AvgIpc) is 2.48. The normalized spacial score (nSPS) is 23.5. The predicted molar refractivity (Wildman–Crippen MR) is 84.7 cm³/mol. The molecule has 0 aliphatic carbocycles. The van der Waals surface area contributed by atoms with E-state index in [1.165, 1.54) is 12.8 Å². The molecule has 3 heterocycles. The van der Waals surface area contributed by atoms with E-state index in [1.807, 2.05) is 0 Å². The maximum atomic E-state index is 12.0.